The van der Waals surface area contributed by atoms with Gasteiger partial charge in [0, 0.05) is 30.0 Å². The molecule has 1 fully saturated rings. The third-order valence-corrected chi connectivity index (χ3v) is 5.39. The minimum absolute atomic E-state index is 0.0579. The van der Waals surface area contributed by atoms with Gasteiger partial charge < -0.3 is 9.64 Å². The van der Waals surface area contributed by atoms with Crippen LogP contribution in [-0.2, 0) is 20.7 Å². The molecule has 2 aromatic heterocycles. The van der Waals surface area contributed by atoms with Crippen LogP contribution in [0.1, 0.15) is 42.6 Å². The molecule has 0 aliphatic carbocycles. The Kier molecular flexibility index (Phi) is 6.30. The van der Waals surface area contributed by atoms with E-state index in [-0.39, 0.29) is 18.9 Å². The number of hydrogen-bond donors (Lipinski definition) is 0. The van der Waals surface area contributed by atoms with Crippen molar-refractivity contribution in [2.75, 3.05) is 26.0 Å². The Morgan fingerprint density at radius 3 is 2.48 bits per heavy atom. The normalized spacial score (nSPS) is 15.0. The molecule has 0 spiro atoms. The van der Waals surface area contributed by atoms with Crippen molar-refractivity contribution in [1.82, 2.24) is 24.5 Å². The Balaban J connectivity index is 1.64. The molecule has 1 amide bonds. The molecule has 9 heteroatoms. The van der Waals surface area contributed by atoms with Crippen LogP contribution in [0, 0.1) is 13.8 Å². The van der Waals surface area contributed by atoms with Crippen LogP contribution < -0.4 is 0 Å². The number of hydrogen-bond acceptors (Lipinski definition) is 7. The first kappa shape index (κ1) is 19.6. The molecule has 0 aromatic carbocycles. The second-order valence-electron chi connectivity index (χ2n) is 6.70. The van der Waals surface area contributed by atoms with Gasteiger partial charge in [0.2, 0.25) is 5.16 Å². The summed E-state index contributed by atoms with van der Waals surface area (Å²) < 4.78 is 6.89. The van der Waals surface area contributed by atoms with Crippen molar-refractivity contribution in [2.45, 2.75) is 51.1 Å². The van der Waals surface area contributed by atoms with Crippen LogP contribution in [0.4, 0.5) is 0 Å². The smallest absolute Gasteiger partial charge is 0.310 e. The molecule has 1 aliphatic rings. The number of ether oxygens (including phenoxy) is 1. The predicted octanol–water partition coefficient (Wildman–Crippen LogP) is 1.95. The lowest BCUT2D eigenvalue weighted by atomic mass is 10.1. The number of rotatable bonds is 5. The van der Waals surface area contributed by atoms with Crippen molar-refractivity contribution >= 4 is 29.4 Å². The van der Waals surface area contributed by atoms with E-state index < -0.39 is 5.97 Å². The highest BCUT2D eigenvalue weighted by Crippen LogP contribution is 2.17. The summed E-state index contributed by atoms with van der Waals surface area (Å²) in [6.45, 7) is 5.02. The van der Waals surface area contributed by atoms with E-state index in [9.17, 15) is 9.59 Å². The first-order chi connectivity index (χ1) is 13.0. The summed E-state index contributed by atoms with van der Waals surface area (Å²) in [5.41, 5.74) is 2.28. The van der Waals surface area contributed by atoms with Gasteiger partial charge in [0.15, 0.2) is 6.61 Å². The number of aryl methyl sites for hydroxylation is 2. The summed E-state index contributed by atoms with van der Waals surface area (Å²) in [4.78, 5) is 35.1. The lowest BCUT2D eigenvalue weighted by Gasteiger charge is -2.20. The van der Waals surface area contributed by atoms with Crippen molar-refractivity contribution < 1.29 is 14.3 Å². The number of fused-ring (bicyclic) bond motifs is 1. The van der Waals surface area contributed by atoms with Crippen LogP contribution in [0.5, 0.6) is 0 Å². The minimum atomic E-state index is -0.435. The molecule has 146 valence electrons. The van der Waals surface area contributed by atoms with E-state index in [1.807, 2.05) is 20.1 Å². The maximum Gasteiger partial charge on any atom is 0.310 e. The van der Waals surface area contributed by atoms with E-state index >= 15 is 0 Å². The molecule has 0 unspecified atom stereocenters. The fourth-order valence-corrected chi connectivity index (χ4v) is 3.62. The van der Waals surface area contributed by atoms with Crippen LogP contribution in [0.2, 0.25) is 0 Å². The van der Waals surface area contributed by atoms with Gasteiger partial charge >= 0.3 is 5.97 Å². The van der Waals surface area contributed by atoms with E-state index in [4.69, 9.17) is 4.74 Å². The third kappa shape index (κ3) is 4.58. The molecule has 0 radical (unpaired) electrons. The van der Waals surface area contributed by atoms with E-state index in [1.165, 1.54) is 11.8 Å². The summed E-state index contributed by atoms with van der Waals surface area (Å²) in [6.07, 6.45) is 6.29. The highest BCUT2D eigenvalue weighted by Gasteiger charge is 2.20. The summed E-state index contributed by atoms with van der Waals surface area (Å²) in [6, 6.07) is 0. The first-order valence-corrected chi connectivity index (χ1v) is 10.4. The standard InChI is InChI=1S/C18H25N5O3S/c1-12-14(13(2)23-17(19-12)20-18(21-23)27-3)10-16(25)26-11-15(24)22-8-6-4-5-7-9-22/h4-11H2,1-3H3. The molecular formula is C18H25N5O3S. The van der Waals surface area contributed by atoms with Gasteiger partial charge in [-0.2, -0.15) is 4.98 Å². The van der Waals surface area contributed by atoms with Gasteiger partial charge in [-0.25, -0.2) is 9.50 Å². The van der Waals surface area contributed by atoms with Gasteiger partial charge in [-0.1, -0.05) is 24.6 Å². The number of nitrogens with zero attached hydrogens (tertiary/aromatic N) is 5. The quantitative estimate of drug-likeness (QED) is 0.568. The second-order valence-corrected chi connectivity index (χ2v) is 7.48. The third-order valence-electron chi connectivity index (χ3n) is 4.85. The van der Waals surface area contributed by atoms with Crippen molar-refractivity contribution in [3.63, 3.8) is 0 Å². The number of carbonyl (C=O) groups is 2. The molecular weight excluding hydrogens is 366 g/mol. The van der Waals surface area contributed by atoms with Gasteiger partial charge in [0.25, 0.3) is 11.7 Å². The summed E-state index contributed by atoms with van der Waals surface area (Å²) in [7, 11) is 0. The fraction of sp³-hybridized carbons (Fsp3) is 0.611. The van der Waals surface area contributed by atoms with Gasteiger partial charge in [-0.05, 0) is 32.9 Å². The zero-order valence-corrected chi connectivity index (χ0v) is 16.8. The molecule has 8 nitrogen and oxygen atoms in total. The molecule has 1 saturated heterocycles. The maximum absolute atomic E-state index is 12.3. The number of esters is 1. The van der Waals surface area contributed by atoms with Crippen molar-refractivity contribution in [3.8, 4) is 0 Å². The second kappa shape index (κ2) is 8.69. The summed E-state index contributed by atoms with van der Waals surface area (Å²) in [5.74, 6) is -0.0355. The molecule has 1 aliphatic heterocycles. The number of aromatic nitrogens is 4. The van der Waals surface area contributed by atoms with Crippen LogP contribution in [0.25, 0.3) is 5.78 Å². The van der Waals surface area contributed by atoms with E-state index in [0.717, 1.165) is 55.7 Å². The highest BCUT2D eigenvalue weighted by molar-refractivity contribution is 7.98. The molecule has 3 heterocycles. The lowest BCUT2D eigenvalue weighted by molar-refractivity contribution is -0.151. The van der Waals surface area contributed by atoms with Crippen LogP contribution in [0.3, 0.4) is 0 Å². The monoisotopic (exact) mass is 391 g/mol. The van der Waals surface area contributed by atoms with Gasteiger partial charge in [-0.3, -0.25) is 9.59 Å². The Morgan fingerprint density at radius 2 is 1.81 bits per heavy atom. The van der Waals surface area contributed by atoms with E-state index in [0.29, 0.717) is 10.9 Å². The molecule has 0 N–H and O–H groups in total. The van der Waals surface area contributed by atoms with E-state index in [1.54, 1.807) is 9.42 Å². The van der Waals surface area contributed by atoms with Gasteiger partial charge in [-0.15, -0.1) is 5.10 Å². The largest absolute Gasteiger partial charge is 0.455 e. The Morgan fingerprint density at radius 1 is 1.11 bits per heavy atom. The highest BCUT2D eigenvalue weighted by atomic mass is 32.2. The minimum Gasteiger partial charge on any atom is -0.455 e. The molecule has 0 saturated carbocycles. The Bertz CT molecular complexity index is 843. The van der Waals surface area contributed by atoms with Gasteiger partial charge in [0.05, 0.1) is 6.42 Å². The van der Waals surface area contributed by atoms with Crippen molar-refractivity contribution in [1.29, 1.82) is 0 Å². The Labute approximate surface area is 162 Å². The van der Waals surface area contributed by atoms with E-state index in [2.05, 4.69) is 15.1 Å². The van der Waals surface area contributed by atoms with Crippen LogP contribution >= 0.6 is 11.8 Å². The summed E-state index contributed by atoms with van der Waals surface area (Å²) >= 11 is 1.44. The summed E-state index contributed by atoms with van der Waals surface area (Å²) in [5, 5.41) is 5.01. The number of thioether (sulfide) groups is 1. The molecule has 0 atom stereocenters. The molecule has 0 bridgehead atoms. The topological polar surface area (TPSA) is 89.7 Å². The zero-order valence-electron chi connectivity index (χ0n) is 16.0. The Hall–Kier alpha value is -2.16. The van der Waals surface area contributed by atoms with Crippen LogP contribution in [0.15, 0.2) is 5.16 Å². The van der Waals surface area contributed by atoms with Crippen molar-refractivity contribution in [3.05, 3.63) is 17.0 Å². The predicted molar refractivity (Wildman–Crippen MR) is 102 cm³/mol. The SMILES string of the molecule is CSc1nc2nc(C)c(CC(=O)OCC(=O)N3CCCCCC3)c(C)n2n1. The first-order valence-electron chi connectivity index (χ1n) is 9.20. The average molecular weight is 391 g/mol. The van der Waals surface area contributed by atoms with Gasteiger partial charge in [0.1, 0.15) is 0 Å². The zero-order chi connectivity index (χ0) is 19.4. The average Bonchev–Trinajstić information content (AvgIpc) is 2.88. The maximum atomic E-state index is 12.3. The van der Waals surface area contributed by atoms with Crippen molar-refractivity contribution in [2.24, 2.45) is 0 Å². The molecule has 3 rings (SSSR count). The number of amides is 1. The lowest BCUT2D eigenvalue weighted by Crippen LogP contribution is -2.35. The van der Waals surface area contributed by atoms with Crippen LogP contribution in [-0.4, -0.2) is 62.3 Å². The molecule has 27 heavy (non-hydrogen) atoms. The fourth-order valence-electron chi connectivity index (χ4n) is 3.28. The number of likely N-dealkylation sites (tertiary alicyclic amines) is 1. The molecule has 2 aromatic rings. The number of carbonyl (C=O) groups excluding carboxylic acids is 2.